The van der Waals surface area contributed by atoms with Crippen molar-refractivity contribution in [2.24, 2.45) is 0 Å². The van der Waals surface area contributed by atoms with Gasteiger partial charge >= 0.3 is 0 Å². The fraction of sp³-hybridized carbons (Fsp3) is 0.167. The summed E-state index contributed by atoms with van der Waals surface area (Å²) in [6.45, 7) is 0.662. The molecule has 0 fully saturated rings. The molecule has 3 nitrogen and oxygen atoms in total. The lowest BCUT2D eigenvalue weighted by Crippen LogP contribution is -2.02. The van der Waals surface area contributed by atoms with E-state index < -0.39 is 0 Å². The molecule has 0 bridgehead atoms. The van der Waals surface area contributed by atoms with E-state index in [1.54, 1.807) is 11.3 Å². The molecule has 4 heteroatoms. The van der Waals surface area contributed by atoms with Gasteiger partial charge < -0.3 is 10.5 Å². The third kappa shape index (κ3) is 3.65. The Hall–Kier alpha value is -2.33. The topological polar surface area (TPSA) is 48.1 Å². The summed E-state index contributed by atoms with van der Waals surface area (Å²) in [7, 11) is 0. The van der Waals surface area contributed by atoms with Gasteiger partial charge in [-0.2, -0.15) is 0 Å². The molecule has 0 atom stereocenters. The maximum Gasteiger partial charge on any atom is 0.142 e. The van der Waals surface area contributed by atoms with Crippen molar-refractivity contribution in [3.05, 3.63) is 65.0 Å². The molecule has 3 aromatic rings. The van der Waals surface area contributed by atoms with Crippen molar-refractivity contribution < 1.29 is 4.74 Å². The minimum atomic E-state index is 0.658. The molecule has 112 valence electrons. The van der Waals surface area contributed by atoms with Crippen LogP contribution in [0.1, 0.15) is 12.0 Å². The molecule has 1 heterocycles. The second-order valence-corrected chi connectivity index (χ2v) is 5.78. The summed E-state index contributed by atoms with van der Waals surface area (Å²) >= 11 is 1.58. The predicted molar refractivity (Wildman–Crippen MR) is 92.2 cm³/mol. The van der Waals surface area contributed by atoms with E-state index in [0.717, 1.165) is 29.8 Å². The normalized spacial score (nSPS) is 10.5. The molecule has 1 aromatic heterocycles. The molecule has 0 radical (unpaired) electrons. The lowest BCUT2D eigenvalue weighted by Gasteiger charge is -2.10. The lowest BCUT2D eigenvalue weighted by molar-refractivity contribution is 0.312. The summed E-state index contributed by atoms with van der Waals surface area (Å²) in [5.41, 5.74) is 11.9. The molecule has 0 aliphatic carbocycles. The largest absolute Gasteiger partial charge is 0.491 e. The minimum Gasteiger partial charge on any atom is -0.491 e. The molecular formula is C18H18N2OS. The fourth-order valence-electron chi connectivity index (χ4n) is 2.30. The van der Waals surface area contributed by atoms with Crippen molar-refractivity contribution in [2.75, 3.05) is 12.3 Å². The second kappa shape index (κ2) is 7.09. The first kappa shape index (κ1) is 14.6. The number of aromatic nitrogens is 1. The van der Waals surface area contributed by atoms with Crippen LogP contribution < -0.4 is 10.5 Å². The molecule has 3 rings (SSSR count). The SMILES string of the molecule is Nc1cc(-c2cscn2)ccc1OCCCc1ccccc1. The Morgan fingerprint density at radius 2 is 1.95 bits per heavy atom. The molecule has 0 aliphatic heterocycles. The summed E-state index contributed by atoms with van der Waals surface area (Å²) < 4.78 is 5.79. The van der Waals surface area contributed by atoms with Gasteiger partial charge in [-0.25, -0.2) is 4.98 Å². The highest BCUT2D eigenvalue weighted by Gasteiger charge is 2.05. The zero-order valence-corrected chi connectivity index (χ0v) is 13.1. The number of nitrogens with zero attached hydrogens (tertiary/aromatic N) is 1. The standard InChI is InChI=1S/C18H18N2OS/c19-16-11-15(17-12-22-13-20-17)8-9-18(16)21-10-4-7-14-5-2-1-3-6-14/h1-3,5-6,8-9,11-13H,4,7,10,19H2. The highest BCUT2D eigenvalue weighted by Crippen LogP contribution is 2.28. The summed E-state index contributed by atoms with van der Waals surface area (Å²) in [5.74, 6) is 0.743. The molecule has 0 saturated heterocycles. The first-order chi connectivity index (χ1) is 10.8. The van der Waals surface area contributed by atoms with Crippen molar-refractivity contribution >= 4 is 17.0 Å². The van der Waals surface area contributed by atoms with Crippen molar-refractivity contribution in [1.82, 2.24) is 4.98 Å². The van der Waals surface area contributed by atoms with Gasteiger partial charge in [-0.3, -0.25) is 0 Å². The van der Waals surface area contributed by atoms with Crippen LogP contribution >= 0.6 is 11.3 Å². The molecule has 0 spiro atoms. The highest BCUT2D eigenvalue weighted by molar-refractivity contribution is 7.07. The Kier molecular flexibility index (Phi) is 4.71. The van der Waals surface area contributed by atoms with Crippen molar-refractivity contribution in [1.29, 1.82) is 0 Å². The number of thiazole rings is 1. The Morgan fingerprint density at radius 3 is 2.68 bits per heavy atom. The summed E-state index contributed by atoms with van der Waals surface area (Å²) in [5, 5.41) is 2.01. The van der Waals surface area contributed by atoms with Crippen LogP contribution in [0.15, 0.2) is 59.4 Å². The molecule has 0 aliphatic rings. The van der Waals surface area contributed by atoms with Gasteiger partial charge in [0.1, 0.15) is 5.75 Å². The van der Waals surface area contributed by atoms with Gasteiger partial charge in [0.05, 0.1) is 23.5 Å². The first-order valence-corrected chi connectivity index (χ1v) is 8.22. The van der Waals surface area contributed by atoms with Gasteiger partial charge in [0.25, 0.3) is 0 Å². The Bertz CT molecular complexity index is 711. The van der Waals surface area contributed by atoms with Crippen molar-refractivity contribution in [3.63, 3.8) is 0 Å². The van der Waals surface area contributed by atoms with Gasteiger partial charge in [0.15, 0.2) is 0 Å². The van der Waals surface area contributed by atoms with Gasteiger partial charge in [-0.05, 0) is 36.6 Å². The zero-order chi connectivity index (χ0) is 15.2. The van der Waals surface area contributed by atoms with E-state index in [1.807, 2.05) is 35.2 Å². The van der Waals surface area contributed by atoms with Crippen LogP contribution in [0.5, 0.6) is 5.75 Å². The van der Waals surface area contributed by atoms with E-state index in [0.29, 0.717) is 12.3 Å². The Balaban J connectivity index is 1.55. The van der Waals surface area contributed by atoms with Crippen molar-refractivity contribution in [3.8, 4) is 17.0 Å². The third-order valence-corrected chi connectivity index (χ3v) is 4.03. The maximum atomic E-state index is 6.07. The van der Waals surface area contributed by atoms with Crippen LogP contribution in [0.4, 0.5) is 5.69 Å². The zero-order valence-electron chi connectivity index (χ0n) is 12.2. The number of nitrogens with two attached hydrogens (primary N) is 1. The third-order valence-electron chi connectivity index (χ3n) is 3.45. The highest BCUT2D eigenvalue weighted by atomic mass is 32.1. The smallest absolute Gasteiger partial charge is 0.142 e. The van der Waals surface area contributed by atoms with E-state index in [2.05, 4.69) is 29.2 Å². The average Bonchev–Trinajstić information content (AvgIpc) is 3.08. The quantitative estimate of drug-likeness (QED) is 0.542. The summed E-state index contributed by atoms with van der Waals surface area (Å²) in [6, 6.07) is 16.3. The first-order valence-electron chi connectivity index (χ1n) is 7.28. The van der Waals surface area contributed by atoms with Gasteiger partial charge in [0, 0.05) is 10.9 Å². The number of hydrogen-bond acceptors (Lipinski definition) is 4. The van der Waals surface area contributed by atoms with Crippen LogP contribution in [0.2, 0.25) is 0 Å². The molecule has 2 aromatic carbocycles. The second-order valence-electron chi connectivity index (χ2n) is 5.06. The van der Waals surface area contributed by atoms with E-state index in [1.165, 1.54) is 5.56 Å². The number of benzene rings is 2. The van der Waals surface area contributed by atoms with Gasteiger partial charge in [0.2, 0.25) is 0 Å². The van der Waals surface area contributed by atoms with Crippen LogP contribution in [0.3, 0.4) is 0 Å². The van der Waals surface area contributed by atoms with E-state index in [4.69, 9.17) is 10.5 Å². The molecule has 0 saturated carbocycles. The van der Waals surface area contributed by atoms with E-state index >= 15 is 0 Å². The van der Waals surface area contributed by atoms with Gasteiger partial charge in [-0.1, -0.05) is 30.3 Å². The number of aryl methyl sites for hydroxylation is 1. The lowest BCUT2D eigenvalue weighted by atomic mass is 10.1. The van der Waals surface area contributed by atoms with Crippen LogP contribution in [-0.4, -0.2) is 11.6 Å². The number of hydrogen-bond donors (Lipinski definition) is 1. The Labute approximate surface area is 134 Å². The number of nitrogen functional groups attached to an aromatic ring is 1. The molecule has 22 heavy (non-hydrogen) atoms. The van der Waals surface area contributed by atoms with Crippen LogP contribution in [0.25, 0.3) is 11.3 Å². The molecule has 0 amide bonds. The Morgan fingerprint density at radius 1 is 1.09 bits per heavy atom. The van der Waals surface area contributed by atoms with Gasteiger partial charge in [-0.15, -0.1) is 11.3 Å². The number of rotatable bonds is 6. The molecule has 2 N–H and O–H groups in total. The predicted octanol–water partition coefficient (Wildman–Crippen LogP) is 4.40. The average molecular weight is 310 g/mol. The minimum absolute atomic E-state index is 0.658. The molecule has 0 unspecified atom stereocenters. The van der Waals surface area contributed by atoms with Crippen LogP contribution in [-0.2, 0) is 6.42 Å². The van der Waals surface area contributed by atoms with Crippen LogP contribution in [0, 0.1) is 0 Å². The fourth-order valence-corrected chi connectivity index (χ4v) is 2.86. The number of anilines is 1. The van der Waals surface area contributed by atoms with E-state index in [9.17, 15) is 0 Å². The molecular weight excluding hydrogens is 292 g/mol. The summed E-state index contributed by atoms with van der Waals surface area (Å²) in [6.07, 6.45) is 1.98. The maximum absolute atomic E-state index is 6.07. The summed E-state index contributed by atoms with van der Waals surface area (Å²) in [4.78, 5) is 4.29. The van der Waals surface area contributed by atoms with E-state index in [-0.39, 0.29) is 0 Å². The monoisotopic (exact) mass is 310 g/mol. The van der Waals surface area contributed by atoms with Crippen molar-refractivity contribution in [2.45, 2.75) is 12.8 Å². The number of ether oxygens (including phenoxy) is 1.